The molecular weight excluding hydrogens is 357 g/mol. The van der Waals surface area contributed by atoms with Crippen molar-refractivity contribution in [2.75, 3.05) is 31.1 Å². The molecule has 1 N–H and O–H groups in total. The number of carboxylic acids is 1. The van der Waals surface area contributed by atoms with E-state index in [1.54, 1.807) is 24.3 Å². The second-order valence-electron chi connectivity index (χ2n) is 6.13. The number of ether oxygens (including phenoxy) is 1. The van der Waals surface area contributed by atoms with Crippen LogP contribution < -0.4 is 9.64 Å². The van der Waals surface area contributed by atoms with Crippen molar-refractivity contribution in [2.45, 2.75) is 6.18 Å². The number of hydrogen-bond acceptors (Lipinski definition) is 4. The summed E-state index contributed by atoms with van der Waals surface area (Å²) in [4.78, 5) is 37.6. The van der Waals surface area contributed by atoms with Crippen LogP contribution in [0.25, 0.3) is 0 Å². The van der Waals surface area contributed by atoms with Crippen LogP contribution in [0.15, 0.2) is 24.3 Å². The second-order valence-corrected chi connectivity index (χ2v) is 6.13. The summed E-state index contributed by atoms with van der Waals surface area (Å²) in [5.74, 6) is -6.30. The Hall–Kier alpha value is -2.78. The minimum Gasteiger partial charge on any atom is -0.482 e. The Labute approximate surface area is 145 Å². The van der Waals surface area contributed by atoms with Crippen LogP contribution in [0.2, 0.25) is 0 Å². The molecule has 0 aromatic heterocycles. The summed E-state index contributed by atoms with van der Waals surface area (Å²) in [5, 5.41) is 9.02. The summed E-state index contributed by atoms with van der Waals surface area (Å²) in [6.07, 6.45) is -4.72. The third-order valence-electron chi connectivity index (χ3n) is 4.51. The molecule has 7 nitrogen and oxygen atoms in total. The quantitative estimate of drug-likeness (QED) is 0.860. The van der Waals surface area contributed by atoms with Gasteiger partial charge in [-0.2, -0.15) is 13.2 Å². The van der Waals surface area contributed by atoms with Gasteiger partial charge in [-0.05, 0) is 12.1 Å². The normalized spacial score (nSPS) is 22.8. The molecule has 0 spiro atoms. The van der Waals surface area contributed by atoms with Gasteiger partial charge in [-0.1, -0.05) is 12.1 Å². The van der Waals surface area contributed by atoms with Crippen molar-refractivity contribution < 1.29 is 37.4 Å². The molecule has 2 aliphatic heterocycles. The molecule has 3 rings (SSSR count). The molecule has 0 unspecified atom stereocenters. The van der Waals surface area contributed by atoms with E-state index in [4.69, 9.17) is 9.84 Å². The highest BCUT2D eigenvalue weighted by Gasteiger charge is 2.53. The van der Waals surface area contributed by atoms with E-state index in [1.165, 1.54) is 0 Å². The van der Waals surface area contributed by atoms with Gasteiger partial charge in [0.1, 0.15) is 12.3 Å². The number of fused-ring (bicyclic) bond motifs is 1. The molecule has 2 heterocycles. The molecule has 2 atom stereocenters. The number of hydrogen-bond donors (Lipinski definition) is 1. The molecular formula is C16H15F3N2O5. The molecule has 2 amide bonds. The van der Waals surface area contributed by atoms with Crippen LogP contribution in [-0.2, 0) is 14.4 Å². The number of rotatable bonds is 3. The van der Waals surface area contributed by atoms with Gasteiger partial charge in [0.15, 0.2) is 6.61 Å². The zero-order chi connectivity index (χ0) is 19.1. The number of carboxylic acid groups (broad SMARTS) is 1. The maximum absolute atomic E-state index is 13.0. The number of halogens is 3. The summed E-state index contributed by atoms with van der Waals surface area (Å²) >= 11 is 0. The van der Waals surface area contributed by atoms with Crippen molar-refractivity contribution in [3.63, 3.8) is 0 Å². The van der Waals surface area contributed by atoms with Crippen molar-refractivity contribution >= 4 is 23.5 Å². The minimum atomic E-state index is -4.72. The lowest BCUT2D eigenvalue weighted by atomic mass is 9.96. The fourth-order valence-corrected chi connectivity index (χ4v) is 3.15. The lowest BCUT2D eigenvalue weighted by Gasteiger charge is -2.30. The summed E-state index contributed by atoms with van der Waals surface area (Å²) in [7, 11) is 0. The zero-order valence-corrected chi connectivity index (χ0v) is 13.4. The van der Waals surface area contributed by atoms with Crippen molar-refractivity contribution in [2.24, 2.45) is 11.8 Å². The van der Waals surface area contributed by atoms with E-state index in [-0.39, 0.29) is 6.61 Å². The van der Waals surface area contributed by atoms with Crippen LogP contribution in [0.3, 0.4) is 0 Å². The third kappa shape index (κ3) is 3.31. The molecule has 140 valence electrons. The number of benzene rings is 1. The average Bonchev–Trinajstić information content (AvgIpc) is 3.03. The van der Waals surface area contributed by atoms with Crippen LogP contribution in [0.1, 0.15) is 0 Å². The van der Waals surface area contributed by atoms with Crippen LogP contribution in [0.5, 0.6) is 5.75 Å². The van der Waals surface area contributed by atoms with Gasteiger partial charge in [0.2, 0.25) is 5.91 Å². The summed E-state index contributed by atoms with van der Waals surface area (Å²) in [6.45, 7) is -2.04. The molecule has 0 aliphatic carbocycles. The van der Waals surface area contributed by atoms with E-state index >= 15 is 0 Å². The fourth-order valence-electron chi connectivity index (χ4n) is 3.15. The number of amides is 2. The molecule has 1 aromatic carbocycles. The Kier molecular flexibility index (Phi) is 4.51. The van der Waals surface area contributed by atoms with Gasteiger partial charge in [-0.15, -0.1) is 0 Å². The number of para-hydroxylation sites is 2. The molecule has 1 saturated heterocycles. The van der Waals surface area contributed by atoms with Crippen molar-refractivity contribution in [1.82, 2.24) is 4.90 Å². The summed E-state index contributed by atoms with van der Waals surface area (Å²) in [6, 6.07) is 6.48. The van der Waals surface area contributed by atoms with Crippen molar-refractivity contribution in [1.29, 1.82) is 0 Å². The van der Waals surface area contributed by atoms with Gasteiger partial charge < -0.3 is 14.7 Å². The van der Waals surface area contributed by atoms with Crippen LogP contribution in [0, 0.1) is 11.8 Å². The maximum atomic E-state index is 13.0. The van der Waals surface area contributed by atoms with Gasteiger partial charge in [0.05, 0.1) is 17.5 Å². The number of carbonyl (C=O) groups is 3. The molecule has 10 heteroatoms. The van der Waals surface area contributed by atoms with Crippen LogP contribution in [0.4, 0.5) is 18.9 Å². The van der Waals surface area contributed by atoms with Crippen molar-refractivity contribution in [3.05, 3.63) is 24.3 Å². The Morgan fingerprint density at radius 1 is 1.23 bits per heavy atom. The number of alkyl halides is 3. The molecule has 0 radical (unpaired) electrons. The van der Waals surface area contributed by atoms with Gasteiger partial charge in [0.25, 0.3) is 5.91 Å². The smallest absolute Gasteiger partial charge is 0.394 e. The van der Waals surface area contributed by atoms with Gasteiger partial charge in [-0.25, -0.2) is 0 Å². The number of carbonyl (C=O) groups excluding carboxylic acids is 2. The lowest BCUT2D eigenvalue weighted by molar-refractivity contribution is -0.188. The summed E-state index contributed by atoms with van der Waals surface area (Å²) in [5.41, 5.74) is 0.346. The minimum absolute atomic E-state index is 0.285. The maximum Gasteiger partial charge on any atom is 0.394 e. The molecule has 0 saturated carbocycles. The number of aliphatic carboxylic acids is 1. The Morgan fingerprint density at radius 3 is 2.54 bits per heavy atom. The number of nitrogens with zero attached hydrogens (tertiary/aromatic N) is 2. The highest BCUT2D eigenvalue weighted by atomic mass is 19.4. The number of anilines is 1. The van der Waals surface area contributed by atoms with E-state index in [0.717, 1.165) is 9.80 Å². The second kappa shape index (κ2) is 6.50. The predicted octanol–water partition coefficient (Wildman–Crippen LogP) is 1.13. The first-order chi connectivity index (χ1) is 12.2. The molecule has 2 aliphatic rings. The van der Waals surface area contributed by atoms with Gasteiger partial charge in [0, 0.05) is 13.1 Å². The fraction of sp³-hybridized carbons (Fsp3) is 0.438. The van der Waals surface area contributed by atoms with Crippen LogP contribution >= 0.6 is 0 Å². The standard InChI is InChI=1S/C16H15F3N2O5/c17-16(18,19)10-6-20(5-9(10)15(24)25)13(22)7-21-11-3-1-2-4-12(11)26-8-14(21)23/h1-4,9-10H,5-8H2,(H,24,25)/t9-,10-/m1/s1. The predicted molar refractivity (Wildman–Crippen MR) is 81.5 cm³/mol. The highest BCUT2D eigenvalue weighted by molar-refractivity contribution is 6.02. The van der Waals surface area contributed by atoms with E-state index in [1.807, 2.05) is 0 Å². The first-order valence-electron chi connectivity index (χ1n) is 7.78. The van der Waals surface area contributed by atoms with Gasteiger partial charge >= 0.3 is 12.1 Å². The molecule has 0 bridgehead atoms. The monoisotopic (exact) mass is 372 g/mol. The summed E-state index contributed by atoms with van der Waals surface area (Å²) < 4.78 is 44.4. The average molecular weight is 372 g/mol. The van der Waals surface area contributed by atoms with Gasteiger partial charge in [-0.3, -0.25) is 19.3 Å². The largest absolute Gasteiger partial charge is 0.482 e. The number of likely N-dealkylation sites (tertiary alicyclic amines) is 1. The van der Waals surface area contributed by atoms with E-state index < -0.39 is 55.4 Å². The molecule has 1 fully saturated rings. The highest BCUT2D eigenvalue weighted by Crippen LogP contribution is 2.38. The zero-order valence-electron chi connectivity index (χ0n) is 13.4. The molecule has 26 heavy (non-hydrogen) atoms. The van der Waals surface area contributed by atoms with Crippen molar-refractivity contribution in [3.8, 4) is 5.75 Å². The van der Waals surface area contributed by atoms with E-state index in [0.29, 0.717) is 11.4 Å². The first-order valence-corrected chi connectivity index (χ1v) is 7.78. The van der Waals surface area contributed by atoms with E-state index in [9.17, 15) is 27.6 Å². The van der Waals surface area contributed by atoms with E-state index in [2.05, 4.69) is 0 Å². The SMILES string of the molecule is O=C(O)[C@@H]1CN(C(=O)CN2C(=O)COc3ccccc32)C[C@H]1C(F)(F)F. The first kappa shape index (κ1) is 18.0. The van der Waals surface area contributed by atoms with Crippen LogP contribution in [-0.4, -0.2) is 60.2 Å². The Bertz CT molecular complexity index is 752. The Morgan fingerprint density at radius 2 is 1.92 bits per heavy atom. The third-order valence-corrected chi connectivity index (χ3v) is 4.51. The topological polar surface area (TPSA) is 87.2 Å². The molecule has 1 aromatic rings. The lowest BCUT2D eigenvalue weighted by Crippen LogP contribution is -2.46. The Balaban J connectivity index is 1.77.